The summed E-state index contributed by atoms with van der Waals surface area (Å²) in [6.45, 7) is 0. The molecule has 0 saturated carbocycles. The van der Waals surface area contributed by atoms with Crippen LogP contribution in [0, 0.1) is 0 Å². The Hall–Kier alpha value is -1.14. The second-order valence-electron chi connectivity index (χ2n) is 2.42. The summed E-state index contributed by atoms with van der Waals surface area (Å²) in [5.74, 6) is -5.98. The van der Waals surface area contributed by atoms with E-state index in [-0.39, 0.29) is 17.9 Å². The third kappa shape index (κ3) is 4.78. The number of aliphatic carboxylic acids is 3. The predicted molar refractivity (Wildman–Crippen MR) is 30.3 cm³/mol. The van der Waals surface area contributed by atoms with Crippen LogP contribution in [0.1, 0.15) is 14.3 Å². The summed E-state index contributed by atoms with van der Waals surface area (Å²) in [5, 5.41) is 38.9. The molecule has 0 bridgehead atoms. The molecule has 0 amide bonds. The van der Waals surface area contributed by atoms with Gasteiger partial charge in [0.25, 0.3) is 0 Å². The van der Waals surface area contributed by atoms with Gasteiger partial charge in [0.05, 0.1) is 5.97 Å². The molecule has 1 N–H and O–H groups in total. The Morgan fingerprint density at radius 1 is 1.07 bits per heavy atom. The van der Waals surface area contributed by atoms with Gasteiger partial charge in [0.1, 0.15) is 5.60 Å². The van der Waals surface area contributed by atoms with Crippen LogP contribution in [0.2, 0.25) is 0 Å². The van der Waals surface area contributed by atoms with Gasteiger partial charge in [0.15, 0.2) is 0 Å². The number of carboxylic acid groups (broad SMARTS) is 3. The molecule has 0 atom stereocenters. The van der Waals surface area contributed by atoms with Crippen molar-refractivity contribution in [2.24, 2.45) is 0 Å². The van der Waals surface area contributed by atoms with Gasteiger partial charge >= 0.3 is 17.9 Å². The number of hydrogen-bond acceptors (Lipinski definition) is 7. The quantitative estimate of drug-likeness (QED) is 0.480. The largest absolute Gasteiger partial charge is 2.00 e. The fourth-order valence-corrected chi connectivity index (χ4v) is 0.684. The molecule has 8 heteroatoms. The number of rotatable bonds is 5. The monoisotopic (exact) mass is 248 g/mol. The van der Waals surface area contributed by atoms with Crippen LogP contribution in [0.25, 0.3) is 0 Å². The van der Waals surface area contributed by atoms with E-state index >= 15 is 0 Å². The summed E-state index contributed by atoms with van der Waals surface area (Å²) in [4.78, 5) is 30.0. The fraction of sp³-hybridized carbons (Fsp3) is 0.500. The maximum Gasteiger partial charge on any atom is 2.00 e. The van der Waals surface area contributed by atoms with Gasteiger partial charge < -0.3 is 34.8 Å². The third-order valence-corrected chi connectivity index (χ3v) is 1.25. The SMILES string of the molecule is O=C([O-])CC(O)(CC(=O)[O-])C(=O)[O-].[H+].[Ni+2]. The van der Waals surface area contributed by atoms with E-state index in [0.29, 0.717) is 0 Å². The van der Waals surface area contributed by atoms with E-state index in [4.69, 9.17) is 5.11 Å². The molecule has 0 fully saturated rings. The van der Waals surface area contributed by atoms with Crippen molar-refractivity contribution >= 4 is 17.9 Å². The van der Waals surface area contributed by atoms with E-state index in [2.05, 4.69) is 0 Å². The maximum atomic E-state index is 10.1. The molecule has 0 aliphatic heterocycles. The molecule has 0 aromatic heterocycles. The van der Waals surface area contributed by atoms with E-state index in [9.17, 15) is 29.7 Å². The number of carboxylic acids is 3. The van der Waals surface area contributed by atoms with Gasteiger partial charge in [-0.1, -0.05) is 0 Å². The van der Waals surface area contributed by atoms with Crippen LogP contribution >= 0.6 is 0 Å². The van der Waals surface area contributed by atoms with Crippen molar-refractivity contribution in [2.45, 2.75) is 18.4 Å². The molecule has 14 heavy (non-hydrogen) atoms. The van der Waals surface area contributed by atoms with E-state index in [1.165, 1.54) is 0 Å². The molecule has 0 aliphatic rings. The summed E-state index contributed by atoms with van der Waals surface area (Å²) in [7, 11) is 0. The summed E-state index contributed by atoms with van der Waals surface area (Å²) < 4.78 is 0. The third-order valence-electron chi connectivity index (χ3n) is 1.25. The molecule has 0 radical (unpaired) electrons. The summed E-state index contributed by atoms with van der Waals surface area (Å²) >= 11 is 0. The van der Waals surface area contributed by atoms with Crippen molar-refractivity contribution in [2.75, 3.05) is 0 Å². The van der Waals surface area contributed by atoms with Crippen LogP contribution in [0.5, 0.6) is 0 Å². The number of hydrogen-bond donors (Lipinski definition) is 1. The second-order valence-corrected chi connectivity index (χ2v) is 2.42. The van der Waals surface area contributed by atoms with Gasteiger partial charge in [-0.2, -0.15) is 0 Å². The van der Waals surface area contributed by atoms with Gasteiger partial charge in [-0.15, -0.1) is 0 Å². The van der Waals surface area contributed by atoms with Crippen LogP contribution < -0.4 is 15.3 Å². The van der Waals surface area contributed by atoms with Crippen molar-refractivity contribution in [3.8, 4) is 0 Å². The molecule has 0 aliphatic carbocycles. The van der Waals surface area contributed by atoms with Crippen molar-refractivity contribution in [3.05, 3.63) is 0 Å². The van der Waals surface area contributed by atoms with Gasteiger partial charge in [-0.3, -0.25) is 0 Å². The maximum absolute atomic E-state index is 10.1. The average Bonchev–Trinajstić information content (AvgIpc) is 1.82. The zero-order chi connectivity index (χ0) is 10.6. The Labute approximate surface area is 89.8 Å². The molecular weight excluding hydrogens is 243 g/mol. The molecule has 82 valence electrons. The Kier molecular flexibility index (Phi) is 6.10. The standard InChI is InChI=1S/C6H8O7.Ni/c7-3(8)1-6(13,5(11)12)2-4(9)10;/h13H,1-2H2,(H,7,8)(H,9,10)(H,11,12);/q;+2/p-2. The van der Waals surface area contributed by atoms with E-state index in [1.807, 2.05) is 0 Å². The molecule has 0 spiro atoms. The minimum absolute atomic E-state index is 0. The number of carbonyl (C=O) groups is 3. The average molecular weight is 249 g/mol. The predicted octanol–water partition coefficient (Wildman–Crippen LogP) is -5.14. The van der Waals surface area contributed by atoms with E-state index in [1.54, 1.807) is 0 Å². The molecule has 0 unspecified atom stereocenters. The summed E-state index contributed by atoms with van der Waals surface area (Å²) in [6, 6.07) is 0. The van der Waals surface area contributed by atoms with Gasteiger partial charge in [-0.05, 0) is 0 Å². The Balaban J connectivity index is -0.000000720. The molecule has 0 aromatic carbocycles. The number of carbonyl (C=O) groups excluding carboxylic acids is 3. The molecular formula is C6H6NiO7. The molecule has 0 rings (SSSR count). The molecule has 0 saturated heterocycles. The zero-order valence-electron chi connectivity index (χ0n) is 7.63. The minimum atomic E-state index is -2.97. The van der Waals surface area contributed by atoms with Crippen molar-refractivity contribution < 1.29 is 52.7 Å². The zero-order valence-corrected chi connectivity index (χ0v) is 7.61. The van der Waals surface area contributed by atoms with Gasteiger partial charge in [0.2, 0.25) is 0 Å². The number of aliphatic hydroxyl groups is 1. The molecule has 0 heterocycles. The Morgan fingerprint density at radius 3 is 1.50 bits per heavy atom. The van der Waals surface area contributed by atoms with Crippen LogP contribution in [0.4, 0.5) is 0 Å². The van der Waals surface area contributed by atoms with Crippen molar-refractivity contribution in [1.82, 2.24) is 0 Å². The van der Waals surface area contributed by atoms with Crippen molar-refractivity contribution in [1.29, 1.82) is 0 Å². The summed E-state index contributed by atoms with van der Waals surface area (Å²) in [6.07, 6.45) is -2.72. The fourth-order valence-electron chi connectivity index (χ4n) is 0.684. The first-order valence-electron chi connectivity index (χ1n) is 3.11. The van der Waals surface area contributed by atoms with Crippen LogP contribution in [0.3, 0.4) is 0 Å². The first-order valence-corrected chi connectivity index (χ1v) is 3.11. The minimum Gasteiger partial charge on any atom is -0.550 e. The Bertz CT molecular complexity index is 238. The van der Waals surface area contributed by atoms with E-state index < -0.39 is 36.4 Å². The van der Waals surface area contributed by atoms with Gasteiger partial charge in [0, 0.05) is 24.8 Å². The topological polar surface area (TPSA) is 141 Å². The first-order chi connectivity index (χ1) is 5.78. The Morgan fingerprint density at radius 2 is 1.36 bits per heavy atom. The summed E-state index contributed by atoms with van der Waals surface area (Å²) in [5.41, 5.74) is -2.97. The van der Waals surface area contributed by atoms with E-state index in [0.717, 1.165) is 0 Å². The second kappa shape index (κ2) is 5.56. The van der Waals surface area contributed by atoms with Crippen LogP contribution in [0.15, 0.2) is 0 Å². The molecule has 0 aromatic rings. The van der Waals surface area contributed by atoms with Crippen molar-refractivity contribution in [3.63, 3.8) is 0 Å². The van der Waals surface area contributed by atoms with Gasteiger partial charge in [-0.25, -0.2) is 0 Å². The molecule has 7 nitrogen and oxygen atoms in total. The smallest absolute Gasteiger partial charge is 0.550 e. The van der Waals surface area contributed by atoms with Crippen LogP contribution in [-0.4, -0.2) is 28.6 Å². The van der Waals surface area contributed by atoms with Crippen LogP contribution in [-0.2, 0) is 30.9 Å². The first kappa shape index (κ1) is 15.3. The normalized spacial score (nSPS) is 10.1.